The number of hydrogen-bond acceptors (Lipinski definition) is 4. The zero-order valence-corrected chi connectivity index (χ0v) is 12.8. The standard InChI is InChI=1S/C18H12F3NO3/c19-13-3-1-10(8-23)5-12(13)9-25-18(24)16-4-2-11-6-14(20)15(21)7-17(11)22-16/h1-7,23H,8-9H2. The van der Waals surface area contributed by atoms with Crippen LogP contribution in [0.2, 0.25) is 0 Å². The Morgan fingerprint density at radius 3 is 2.52 bits per heavy atom. The highest BCUT2D eigenvalue weighted by Crippen LogP contribution is 2.18. The van der Waals surface area contributed by atoms with Gasteiger partial charge >= 0.3 is 5.97 Å². The Bertz CT molecular complexity index is 960. The van der Waals surface area contributed by atoms with E-state index in [1.54, 1.807) is 0 Å². The van der Waals surface area contributed by atoms with Gasteiger partial charge in [0.1, 0.15) is 18.1 Å². The Hall–Kier alpha value is -2.93. The molecule has 0 bridgehead atoms. The van der Waals surface area contributed by atoms with Crippen LogP contribution in [-0.4, -0.2) is 16.1 Å². The topological polar surface area (TPSA) is 59.4 Å². The van der Waals surface area contributed by atoms with Gasteiger partial charge in [-0.05, 0) is 29.8 Å². The molecule has 0 amide bonds. The van der Waals surface area contributed by atoms with E-state index in [4.69, 9.17) is 9.84 Å². The van der Waals surface area contributed by atoms with Gasteiger partial charge in [0, 0.05) is 17.0 Å². The fourth-order valence-electron chi connectivity index (χ4n) is 2.29. The maximum Gasteiger partial charge on any atom is 0.357 e. The summed E-state index contributed by atoms with van der Waals surface area (Å²) < 4.78 is 45.1. The zero-order chi connectivity index (χ0) is 18.0. The summed E-state index contributed by atoms with van der Waals surface area (Å²) in [6.45, 7) is -0.619. The van der Waals surface area contributed by atoms with Crippen molar-refractivity contribution in [3.05, 3.63) is 76.7 Å². The summed E-state index contributed by atoms with van der Waals surface area (Å²) in [5.74, 6) is -3.49. The van der Waals surface area contributed by atoms with E-state index < -0.39 is 23.4 Å². The average molecular weight is 347 g/mol. The Kier molecular flexibility index (Phi) is 4.67. The van der Waals surface area contributed by atoms with Crippen LogP contribution < -0.4 is 0 Å². The molecule has 7 heteroatoms. The van der Waals surface area contributed by atoms with E-state index in [1.807, 2.05) is 0 Å². The second kappa shape index (κ2) is 6.90. The van der Waals surface area contributed by atoms with Gasteiger partial charge < -0.3 is 9.84 Å². The number of nitrogens with zero attached hydrogens (tertiary/aromatic N) is 1. The third kappa shape index (κ3) is 3.61. The number of fused-ring (bicyclic) bond motifs is 1. The lowest BCUT2D eigenvalue weighted by molar-refractivity contribution is 0.0462. The molecular weight excluding hydrogens is 335 g/mol. The molecule has 0 aliphatic heterocycles. The van der Waals surface area contributed by atoms with E-state index in [-0.39, 0.29) is 30.0 Å². The van der Waals surface area contributed by atoms with Crippen LogP contribution in [0.3, 0.4) is 0 Å². The lowest BCUT2D eigenvalue weighted by atomic mass is 10.1. The van der Waals surface area contributed by atoms with Crippen LogP contribution >= 0.6 is 0 Å². The fraction of sp³-hybridized carbons (Fsp3) is 0.111. The minimum atomic E-state index is -1.08. The maximum absolute atomic E-state index is 13.7. The molecular formula is C18H12F3NO3. The second-order valence-electron chi connectivity index (χ2n) is 5.32. The summed E-state index contributed by atoms with van der Waals surface area (Å²) in [5, 5.41) is 9.38. The third-order valence-corrected chi connectivity index (χ3v) is 3.59. The summed E-state index contributed by atoms with van der Waals surface area (Å²) in [4.78, 5) is 16.0. The molecule has 0 fully saturated rings. The molecule has 0 aliphatic carbocycles. The molecule has 2 aromatic carbocycles. The van der Waals surface area contributed by atoms with Gasteiger partial charge in [0.15, 0.2) is 11.6 Å². The van der Waals surface area contributed by atoms with E-state index >= 15 is 0 Å². The number of carbonyl (C=O) groups is 1. The van der Waals surface area contributed by atoms with Crippen LogP contribution in [0.5, 0.6) is 0 Å². The van der Waals surface area contributed by atoms with E-state index in [9.17, 15) is 18.0 Å². The van der Waals surface area contributed by atoms with Gasteiger partial charge in [0.2, 0.25) is 0 Å². The highest BCUT2D eigenvalue weighted by atomic mass is 19.2. The van der Waals surface area contributed by atoms with Crippen molar-refractivity contribution in [2.75, 3.05) is 0 Å². The van der Waals surface area contributed by atoms with Crippen molar-refractivity contribution in [3.8, 4) is 0 Å². The lowest BCUT2D eigenvalue weighted by Gasteiger charge is -2.08. The van der Waals surface area contributed by atoms with Crippen molar-refractivity contribution in [2.45, 2.75) is 13.2 Å². The molecule has 0 aliphatic rings. The zero-order valence-electron chi connectivity index (χ0n) is 12.8. The first kappa shape index (κ1) is 16.9. The molecule has 3 rings (SSSR count). The number of aromatic nitrogens is 1. The molecule has 0 saturated heterocycles. The summed E-state index contributed by atoms with van der Waals surface area (Å²) >= 11 is 0. The number of pyridine rings is 1. The summed E-state index contributed by atoms with van der Waals surface area (Å²) in [7, 11) is 0. The molecule has 0 saturated carbocycles. The van der Waals surface area contributed by atoms with Crippen molar-refractivity contribution in [1.82, 2.24) is 4.98 Å². The summed E-state index contributed by atoms with van der Waals surface area (Å²) in [6, 6.07) is 8.54. The quantitative estimate of drug-likeness (QED) is 0.734. The molecule has 0 unspecified atom stereocenters. The fourth-order valence-corrected chi connectivity index (χ4v) is 2.29. The molecule has 0 atom stereocenters. The minimum absolute atomic E-state index is 0.0989. The van der Waals surface area contributed by atoms with Crippen LogP contribution in [-0.2, 0) is 18.0 Å². The summed E-state index contributed by atoms with van der Waals surface area (Å²) in [6.07, 6.45) is 0. The van der Waals surface area contributed by atoms with Crippen LogP contribution in [0.15, 0.2) is 42.5 Å². The number of carbonyl (C=O) groups excluding carboxylic acids is 1. The number of esters is 1. The van der Waals surface area contributed by atoms with E-state index in [0.29, 0.717) is 10.9 Å². The number of halogens is 3. The van der Waals surface area contributed by atoms with Gasteiger partial charge in [-0.15, -0.1) is 0 Å². The first-order valence-corrected chi connectivity index (χ1v) is 7.29. The third-order valence-electron chi connectivity index (χ3n) is 3.59. The van der Waals surface area contributed by atoms with Crippen LogP contribution in [0.1, 0.15) is 21.6 Å². The van der Waals surface area contributed by atoms with Crippen molar-refractivity contribution >= 4 is 16.9 Å². The van der Waals surface area contributed by atoms with Crippen molar-refractivity contribution in [3.63, 3.8) is 0 Å². The van der Waals surface area contributed by atoms with Gasteiger partial charge in [0.25, 0.3) is 0 Å². The monoisotopic (exact) mass is 347 g/mol. The highest BCUT2D eigenvalue weighted by Gasteiger charge is 2.13. The molecule has 4 nitrogen and oxygen atoms in total. The Balaban J connectivity index is 1.79. The van der Waals surface area contributed by atoms with Gasteiger partial charge in [-0.3, -0.25) is 0 Å². The van der Waals surface area contributed by atoms with Crippen LogP contribution in [0, 0.1) is 17.5 Å². The molecule has 1 heterocycles. The largest absolute Gasteiger partial charge is 0.456 e. The molecule has 0 radical (unpaired) electrons. The molecule has 1 aromatic heterocycles. The Labute approximate surface area is 140 Å². The summed E-state index contributed by atoms with van der Waals surface area (Å²) in [5.41, 5.74) is 0.571. The predicted molar refractivity (Wildman–Crippen MR) is 83.1 cm³/mol. The first-order chi connectivity index (χ1) is 12.0. The molecule has 1 N–H and O–H groups in total. The number of hydrogen-bond donors (Lipinski definition) is 1. The molecule has 128 valence electrons. The van der Waals surface area contributed by atoms with Crippen molar-refractivity contribution in [2.24, 2.45) is 0 Å². The van der Waals surface area contributed by atoms with Crippen molar-refractivity contribution < 1.29 is 27.8 Å². The Morgan fingerprint density at radius 2 is 1.76 bits per heavy atom. The van der Waals surface area contributed by atoms with Gasteiger partial charge in [-0.1, -0.05) is 12.1 Å². The molecule has 3 aromatic rings. The molecule has 0 spiro atoms. The van der Waals surface area contributed by atoms with Crippen molar-refractivity contribution in [1.29, 1.82) is 0 Å². The van der Waals surface area contributed by atoms with Gasteiger partial charge in [-0.2, -0.15) is 0 Å². The van der Waals surface area contributed by atoms with E-state index in [2.05, 4.69) is 4.98 Å². The number of rotatable bonds is 4. The first-order valence-electron chi connectivity index (χ1n) is 7.29. The number of aliphatic hydroxyl groups is 1. The minimum Gasteiger partial charge on any atom is -0.456 e. The normalized spacial score (nSPS) is 10.9. The predicted octanol–water partition coefficient (Wildman–Crippen LogP) is 3.50. The smallest absolute Gasteiger partial charge is 0.357 e. The maximum atomic E-state index is 13.7. The number of aliphatic hydroxyl groups excluding tert-OH is 1. The highest BCUT2D eigenvalue weighted by molar-refractivity contribution is 5.91. The second-order valence-corrected chi connectivity index (χ2v) is 5.32. The Morgan fingerprint density at radius 1 is 1.00 bits per heavy atom. The lowest BCUT2D eigenvalue weighted by Crippen LogP contribution is -2.08. The van der Waals surface area contributed by atoms with E-state index in [1.165, 1.54) is 30.3 Å². The van der Waals surface area contributed by atoms with Gasteiger partial charge in [0.05, 0.1) is 12.1 Å². The number of ether oxygens (including phenoxy) is 1. The number of benzene rings is 2. The SMILES string of the molecule is O=C(OCc1cc(CO)ccc1F)c1ccc2cc(F)c(F)cc2n1. The van der Waals surface area contributed by atoms with Crippen LogP contribution in [0.25, 0.3) is 10.9 Å². The van der Waals surface area contributed by atoms with E-state index in [0.717, 1.165) is 12.1 Å². The average Bonchev–Trinajstić information content (AvgIpc) is 2.61. The van der Waals surface area contributed by atoms with Crippen LogP contribution in [0.4, 0.5) is 13.2 Å². The van der Waals surface area contributed by atoms with Gasteiger partial charge in [-0.25, -0.2) is 22.9 Å². The molecule has 25 heavy (non-hydrogen) atoms.